The van der Waals surface area contributed by atoms with Crippen LogP contribution in [0.3, 0.4) is 0 Å². The van der Waals surface area contributed by atoms with Gasteiger partial charge in [-0.2, -0.15) is 0 Å². The second kappa shape index (κ2) is 8.66. The Morgan fingerprint density at radius 3 is 2.59 bits per heavy atom. The third-order valence-corrected chi connectivity index (χ3v) is 9.62. The number of piperidine rings is 2. The standard InChI is InChI=1S/C25H36FN3O4S/c1-17(2)33-24(30)28-10-4-5-18-13-20(15-23(18)28)27-11-8-25(9-12-27)16-29(34(3,31)32)22-7-6-19(26)14-21(22)25/h6-7,14,17-18,20,23H,4-5,8-13,15-16H2,1-3H3. The van der Waals surface area contributed by atoms with Crippen LogP contribution in [0.5, 0.6) is 0 Å². The molecule has 3 aliphatic heterocycles. The summed E-state index contributed by atoms with van der Waals surface area (Å²) in [7, 11) is -3.42. The van der Waals surface area contributed by atoms with E-state index >= 15 is 0 Å². The van der Waals surface area contributed by atoms with Crippen molar-refractivity contribution in [3.8, 4) is 0 Å². The average molecular weight is 494 g/mol. The lowest BCUT2D eigenvalue weighted by Gasteiger charge is -2.42. The van der Waals surface area contributed by atoms with Crippen LogP contribution in [0.2, 0.25) is 0 Å². The summed E-state index contributed by atoms with van der Waals surface area (Å²) in [5.41, 5.74) is 1.12. The molecule has 2 saturated heterocycles. The number of hydrogen-bond acceptors (Lipinski definition) is 5. The zero-order valence-electron chi connectivity index (χ0n) is 20.4. The number of nitrogens with zero attached hydrogens (tertiary/aromatic N) is 3. The van der Waals surface area contributed by atoms with Crippen LogP contribution >= 0.6 is 0 Å². The number of benzene rings is 1. The Hall–Kier alpha value is -1.87. The molecule has 0 aromatic heterocycles. The number of likely N-dealkylation sites (tertiary alicyclic amines) is 2. The van der Waals surface area contributed by atoms with E-state index in [1.807, 2.05) is 18.7 Å². The van der Waals surface area contributed by atoms with Gasteiger partial charge in [-0.1, -0.05) is 0 Å². The van der Waals surface area contributed by atoms with Gasteiger partial charge < -0.3 is 14.5 Å². The van der Waals surface area contributed by atoms with Gasteiger partial charge in [-0.3, -0.25) is 4.31 Å². The molecule has 1 saturated carbocycles. The zero-order chi connectivity index (χ0) is 24.3. The SMILES string of the molecule is CC(C)OC(=O)N1CCCC2CC(N3CCC4(CC3)CN(S(C)(=O)=O)c3ccc(F)cc34)CC21. The van der Waals surface area contributed by atoms with E-state index < -0.39 is 10.0 Å². The summed E-state index contributed by atoms with van der Waals surface area (Å²) in [5, 5.41) is 0. The topological polar surface area (TPSA) is 70.2 Å². The predicted octanol–water partition coefficient (Wildman–Crippen LogP) is 3.73. The second-order valence-electron chi connectivity index (χ2n) is 11.0. The molecule has 3 heterocycles. The Kier molecular flexibility index (Phi) is 6.07. The molecule has 9 heteroatoms. The number of sulfonamides is 1. The van der Waals surface area contributed by atoms with Crippen molar-refractivity contribution >= 4 is 21.8 Å². The fourth-order valence-electron chi connectivity index (χ4n) is 6.89. The van der Waals surface area contributed by atoms with Crippen LogP contribution in [0, 0.1) is 11.7 Å². The van der Waals surface area contributed by atoms with E-state index in [4.69, 9.17) is 4.74 Å². The molecule has 7 nitrogen and oxygen atoms in total. The van der Waals surface area contributed by atoms with Crippen LogP contribution in [0.4, 0.5) is 14.9 Å². The van der Waals surface area contributed by atoms with Gasteiger partial charge in [-0.05, 0) is 95.1 Å². The van der Waals surface area contributed by atoms with Gasteiger partial charge in [0, 0.05) is 30.6 Å². The number of carbonyl (C=O) groups excluding carboxylic acids is 1. The van der Waals surface area contributed by atoms with Gasteiger partial charge in [-0.25, -0.2) is 17.6 Å². The summed E-state index contributed by atoms with van der Waals surface area (Å²) in [5.74, 6) is 0.195. The van der Waals surface area contributed by atoms with Gasteiger partial charge in [0.15, 0.2) is 0 Å². The van der Waals surface area contributed by atoms with E-state index in [1.54, 1.807) is 12.1 Å². The van der Waals surface area contributed by atoms with Crippen LogP contribution in [0.25, 0.3) is 0 Å². The van der Waals surface area contributed by atoms with Crippen LogP contribution in [-0.4, -0.2) is 74.9 Å². The Bertz CT molecular complexity index is 1050. The first-order valence-electron chi connectivity index (χ1n) is 12.6. The molecule has 34 heavy (non-hydrogen) atoms. The zero-order valence-corrected chi connectivity index (χ0v) is 21.2. The lowest BCUT2D eigenvalue weighted by atomic mass is 9.74. The monoisotopic (exact) mass is 493 g/mol. The molecule has 0 radical (unpaired) electrons. The minimum atomic E-state index is -3.42. The van der Waals surface area contributed by atoms with Crippen LogP contribution in [0.15, 0.2) is 18.2 Å². The molecule has 1 aromatic carbocycles. The van der Waals surface area contributed by atoms with E-state index in [1.165, 1.54) is 16.6 Å². The molecule has 1 aliphatic carbocycles. The van der Waals surface area contributed by atoms with Crippen molar-refractivity contribution in [3.63, 3.8) is 0 Å². The highest BCUT2D eigenvalue weighted by Crippen LogP contribution is 2.49. The molecule has 1 spiro atoms. The number of carbonyl (C=O) groups is 1. The fourth-order valence-corrected chi connectivity index (χ4v) is 7.88. The van der Waals surface area contributed by atoms with Crippen molar-refractivity contribution in [2.24, 2.45) is 5.92 Å². The predicted molar refractivity (Wildman–Crippen MR) is 129 cm³/mol. The molecule has 4 aliphatic rings. The van der Waals surface area contributed by atoms with Gasteiger partial charge in [0.25, 0.3) is 0 Å². The van der Waals surface area contributed by atoms with Crippen LogP contribution in [-0.2, 0) is 20.2 Å². The summed E-state index contributed by atoms with van der Waals surface area (Å²) >= 11 is 0. The van der Waals surface area contributed by atoms with E-state index in [9.17, 15) is 17.6 Å². The maximum absolute atomic E-state index is 14.2. The van der Waals surface area contributed by atoms with Gasteiger partial charge >= 0.3 is 6.09 Å². The van der Waals surface area contributed by atoms with Crippen molar-refractivity contribution in [1.29, 1.82) is 0 Å². The summed E-state index contributed by atoms with van der Waals surface area (Å²) in [6.07, 6.45) is 6.76. The van der Waals surface area contributed by atoms with E-state index in [2.05, 4.69) is 4.90 Å². The second-order valence-corrected chi connectivity index (χ2v) is 12.9. The Balaban J connectivity index is 1.29. The van der Waals surface area contributed by atoms with E-state index in [-0.39, 0.29) is 29.5 Å². The highest BCUT2D eigenvalue weighted by Gasteiger charge is 2.50. The lowest BCUT2D eigenvalue weighted by Crippen LogP contribution is -2.49. The average Bonchev–Trinajstić information content (AvgIpc) is 3.33. The highest BCUT2D eigenvalue weighted by molar-refractivity contribution is 7.92. The Morgan fingerprint density at radius 1 is 1.18 bits per heavy atom. The molecule has 5 rings (SSSR count). The minimum absolute atomic E-state index is 0.117. The van der Waals surface area contributed by atoms with Gasteiger partial charge in [-0.15, -0.1) is 0 Å². The summed E-state index contributed by atoms with van der Waals surface area (Å²) in [6, 6.07) is 5.15. The fraction of sp³-hybridized carbons (Fsp3) is 0.720. The van der Waals surface area contributed by atoms with E-state index in [0.717, 1.165) is 63.7 Å². The molecule has 1 amide bonds. The molecule has 0 bridgehead atoms. The summed E-state index contributed by atoms with van der Waals surface area (Å²) in [4.78, 5) is 17.1. The third kappa shape index (κ3) is 4.19. The summed E-state index contributed by atoms with van der Waals surface area (Å²) < 4.78 is 46.1. The quantitative estimate of drug-likeness (QED) is 0.642. The highest BCUT2D eigenvalue weighted by atomic mass is 32.2. The van der Waals surface area contributed by atoms with Crippen molar-refractivity contribution < 1.29 is 22.3 Å². The summed E-state index contributed by atoms with van der Waals surface area (Å²) in [6.45, 7) is 6.65. The van der Waals surface area contributed by atoms with E-state index in [0.29, 0.717) is 24.2 Å². The Labute approximate surface area is 202 Å². The number of rotatable bonds is 3. The number of halogens is 1. The van der Waals surface area contributed by atoms with Gasteiger partial charge in [0.1, 0.15) is 5.82 Å². The van der Waals surface area contributed by atoms with Gasteiger partial charge in [0.2, 0.25) is 10.0 Å². The van der Waals surface area contributed by atoms with Crippen LogP contribution < -0.4 is 4.31 Å². The molecular weight excluding hydrogens is 457 g/mol. The molecule has 3 fully saturated rings. The van der Waals surface area contributed by atoms with Crippen molar-refractivity contribution in [1.82, 2.24) is 9.80 Å². The lowest BCUT2D eigenvalue weighted by molar-refractivity contribution is 0.0427. The van der Waals surface area contributed by atoms with Crippen molar-refractivity contribution in [2.75, 3.05) is 36.7 Å². The maximum atomic E-state index is 14.2. The molecule has 3 unspecified atom stereocenters. The maximum Gasteiger partial charge on any atom is 0.410 e. The van der Waals surface area contributed by atoms with Gasteiger partial charge in [0.05, 0.1) is 18.0 Å². The Morgan fingerprint density at radius 2 is 1.91 bits per heavy atom. The molecular formula is C25H36FN3O4S. The minimum Gasteiger partial charge on any atom is -0.447 e. The number of ether oxygens (including phenoxy) is 1. The number of hydrogen-bond donors (Lipinski definition) is 0. The van der Waals surface area contributed by atoms with Crippen LogP contribution in [0.1, 0.15) is 57.9 Å². The largest absolute Gasteiger partial charge is 0.447 e. The smallest absolute Gasteiger partial charge is 0.410 e. The first-order chi connectivity index (χ1) is 16.1. The number of fused-ring (bicyclic) bond motifs is 3. The number of amides is 1. The van der Waals surface area contributed by atoms with Crippen molar-refractivity contribution in [3.05, 3.63) is 29.6 Å². The molecule has 1 aromatic rings. The van der Waals surface area contributed by atoms with Crippen molar-refractivity contribution in [2.45, 2.75) is 76.0 Å². The molecule has 0 N–H and O–H groups in total. The third-order valence-electron chi connectivity index (χ3n) is 8.49. The molecule has 3 atom stereocenters. The number of anilines is 1. The molecule has 188 valence electrons. The first-order valence-corrected chi connectivity index (χ1v) is 14.4. The first kappa shape index (κ1) is 23.9. The normalized spacial score (nSPS) is 28.9.